The van der Waals surface area contributed by atoms with Gasteiger partial charge in [0.25, 0.3) is 0 Å². The van der Waals surface area contributed by atoms with Gasteiger partial charge in [-0.25, -0.2) is 19.2 Å². The Hall–Kier alpha value is -4.61. The van der Waals surface area contributed by atoms with E-state index in [1.165, 1.54) is 18.5 Å². The summed E-state index contributed by atoms with van der Waals surface area (Å²) in [6.45, 7) is 6.43. The molecule has 7 nitrogen and oxygen atoms in total. The molecule has 0 spiro atoms. The highest BCUT2D eigenvalue weighted by Gasteiger charge is 2.22. The number of carbonyl (C=O) groups is 1. The van der Waals surface area contributed by atoms with Crippen LogP contribution >= 0.6 is 11.6 Å². The fraction of sp³-hybridized carbons (Fsp3) is 0.194. The minimum Gasteiger partial charge on any atom is -0.487 e. The number of ether oxygens (including phenoxy) is 2. The van der Waals surface area contributed by atoms with Crippen molar-refractivity contribution in [3.63, 3.8) is 0 Å². The number of amides is 1. The Kier molecular flexibility index (Phi) is 8.87. The molecule has 4 rings (SSSR count). The van der Waals surface area contributed by atoms with Gasteiger partial charge in [-0.3, -0.25) is 0 Å². The normalized spacial score (nSPS) is 10.8. The van der Waals surface area contributed by atoms with Crippen LogP contribution in [0.4, 0.5) is 20.7 Å². The molecule has 0 aliphatic rings. The minimum absolute atomic E-state index is 0.0570. The van der Waals surface area contributed by atoms with E-state index in [0.29, 0.717) is 33.4 Å². The van der Waals surface area contributed by atoms with Crippen molar-refractivity contribution in [2.24, 2.45) is 5.73 Å². The van der Waals surface area contributed by atoms with E-state index in [1.54, 1.807) is 36.5 Å². The second-order valence-electron chi connectivity index (χ2n) is 9.92. The maximum atomic E-state index is 13.4. The third kappa shape index (κ3) is 7.49. The lowest BCUT2D eigenvalue weighted by atomic mass is 9.80. The highest BCUT2D eigenvalue weighted by molar-refractivity contribution is 6.32. The number of carbonyl (C=O) groups excluding carboxylic acids is 1. The van der Waals surface area contributed by atoms with E-state index in [9.17, 15) is 9.18 Å². The molecular weight excluding hydrogens is 531 g/mol. The van der Waals surface area contributed by atoms with Crippen LogP contribution in [0.25, 0.3) is 0 Å². The van der Waals surface area contributed by atoms with Crippen molar-refractivity contribution in [3.05, 3.63) is 112 Å². The van der Waals surface area contributed by atoms with Crippen LogP contribution in [-0.2, 0) is 23.4 Å². The van der Waals surface area contributed by atoms with Gasteiger partial charge in [0.2, 0.25) is 0 Å². The topological polar surface area (TPSA) is 99.4 Å². The first-order chi connectivity index (χ1) is 19.1. The fourth-order valence-electron chi connectivity index (χ4n) is 4.13. The van der Waals surface area contributed by atoms with Crippen LogP contribution in [-0.4, -0.2) is 16.1 Å². The SMILES string of the molecule is CC(C)(C)c1c(C#Cc2cncnc2Nc2ccc(OCc3cccc(F)c3)c(Cl)c2)cccc1COC(N)=O. The Morgan fingerprint density at radius 3 is 2.55 bits per heavy atom. The third-order valence-electron chi connectivity index (χ3n) is 5.79. The summed E-state index contributed by atoms with van der Waals surface area (Å²) >= 11 is 6.46. The van der Waals surface area contributed by atoms with Gasteiger partial charge in [0.1, 0.15) is 36.9 Å². The zero-order valence-electron chi connectivity index (χ0n) is 22.3. The van der Waals surface area contributed by atoms with Crippen LogP contribution in [0.2, 0.25) is 5.02 Å². The fourth-order valence-corrected chi connectivity index (χ4v) is 4.37. The monoisotopic (exact) mass is 558 g/mol. The number of nitrogens with one attached hydrogen (secondary N) is 1. The molecule has 4 aromatic rings. The van der Waals surface area contributed by atoms with E-state index in [-0.39, 0.29) is 24.4 Å². The van der Waals surface area contributed by atoms with Crippen LogP contribution < -0.4 is 15.8 Å². The molecule has 204 valence electrons. The molecule has 0 aliphatic heterocycles. The molecule has 3 aromatic carbocycles. The summed E-state index contributed by atoms with van der Waals surface area (Å²) in [6.07, 6.45) is 2.21. The standard InChI is InChI=1S/C31H28ClFN4O3/c1-31(2,3)28-21(7-5-8-23(28)18-40-30(34)38)10-11-22-16-35-19-36-29(22)37-25-12-13-27(26(32)15-25)39-17-20-6-4-9-24(33)14-20/h4-9,12-16,19H,17-18H2,1-3H3,(H2,34,38)(H,35,36,37). The smallest absolute Gasteiger partial charge is 0.404 e. The lowest BCUT2D eigenvalue weighted by Crippen LogP contribution is -2.19. The molecule has 1 aromatic heterocycles. The van der Waals surface area contributed by atoms with Gasteiger partial charge in [0, 0.05) is 17.4 Å². The van der Waals surface area contributed by atoms with Crippen molar-refractivity contribution in [1.29, 1.82) is 0 Å². The first kappa shape index (κ1) is 28.4. The number of benzene rings is 3. The largest absolute Gasteiger partial charge is 0.487 e. The highest BCUT2D eigenvalue weighted by atomic mass is 35.5. The van der Waals surface area contributed by atoms with Crippen LogP contribution in [0.1, 0.15) is 48.6 Å². The second-order valence-corrected chi connectivity index (χ2v) is 10.3. The predicted molar refractivity (Wildman–Crippen MR) is 153 cm³/mol. The zero-order valence-corrected chi connectivity index (χ0v) is 23.1. The number of nitrogens with two attached hydrogens (primary N) is 1. The molecule has 0 radical (unpaired) electrons. The van der Waals surface area contributed by atoms with E-state index >= 15 is 0 Å². The van der Waals surface area contributed by atoms with Crippen molar-refractivity contribution in [2.45, 2.75) is 39.4 Å². The van der Waals surface area contributed by atoms with Crippen molar-refractivity contribution in [2.75, 3.05) is 5.32 Å². The Labute approximate surface area is 237 Å². The van der Waals surface area contributed by atoms with Crippen molar-refractivity contribution >= 4 is 29.2 Å². The van der Waals surface area contributed by atoms with Crippen LogP contribution in [0.5, 0.6) is 5.75 Å². The molecule has 0 unspecified atom stereocenters. The summed E-state index contributed by atoms with van der Waals surface area (Å²) in [4.78, 5) is 19.7. The molecule has 0 fully saturated rings. The van der Waals surface area contributed by atoms with E-state index < -0.39 is 6.09 Å². The molecule has 9 heteroatoms. The molecule has 0 aliphatic carbocycles. The second kappa shape index (κ2) is 12.5. The molecule has 0 saturated carbocycles. The van der Waals surface area contributed by atoms with Crippen molar-refractivity contribution < 1.29 is 18.7 Å². The molecule has 1 amide bonds. The van der Waals surface area contributed by atoms with E-state index in [0.717, 1.165) is 16.7 Å². The molecule has 0 atom stereocenters. The highest BCUT2D eigenvalue weighted by Crippen LogP contribution is 2.31. The lowest BCUT2D eigenvalue weighted by Gasteiger charge is -2.24. The first-order valence-electron chi connectivity index (χ1n) is 12.4. The number of hydrogen-bond donors (Lipinski definition) is 2. The van der Waals surface area contributed by atoms with Gasteiger partial charge in [-0.1, -0.05) is 68.5 Å². The predicted octanol–water partition coefficient (Wildman–Crippen LogP) is 6.88. The third-order valence-corrected chi connectivity index (χ3v) is 6.09. The maximum absolute atomic E-state index is 13.4. The van der Waals surface area contributed by atoms with Gasteiger partial charge in [0.05, 0.1) is 10.6 Å². The molecule has 3 N–H and O–H groups in total. The summed E-state index contributed by atoms with van der Waals surface area (Å²) in [5.41, 5.74) is 9.42. The van der Waals surface area contributed by atoms with Crippen LogP contribution in [0.3, 0.4) is 0 Å². The van der Waals surface area contributed by atoms with Gasteiger partial charge in [0.15, 0.2) is 0 Å². The average Bonchev–Trinajstić information content (AvgIpc) is 2.90. The number of rotatable bonds is 7. The Morgan fingerprint density at radius 2 is 1.82 bits per heavy atom. The first-order valence-corrected chi connectivity index (χ1v) is 12.8. The van der Waals surface area contributed by atoms with Crippen LogP contribution in [0.15, 0.2) is 73.2 Å². The molecule has 40 heavy (non-hydrogen) atoms. The quantitative estimate of drug-likeness (QED) is 0.240. The molecule has 1 heterocycles. The van der Waals surface area contributed by atoms with Gasteiger partial charge < -0.3 is 20.5 Å². The Balaban J connectivity index is 1.56. The van der Waals surface area contributed by atoms with Crippen molar-refractivity contribution in [1.82, 2.24) is 9.97 Å². The lowest BCUT2D eigenvalue weighted by molar-refractivity contribution is 0.149. The number of primary amides is 1. The number of hydrogen-bond acceptors (Lipinski definition) is 6. The molecular formula is C31H28ClFN4O3. The van der Waals surface area contributed by atoms with Gasteiger partial charge in [-0.2, -0.15) is 0 Å². The minimum atomic E-state index is -0.834. The summed E-state index contributed by atoms with van der Waals surface area (Å²) < 4.78 is 24.3. The van der Waals surface area contributed by atoms with E-state index in [4.69, 9.17) is 26.8 Å². The summed E-state index contributed by atoms with van der Waals surface area (Å²) in [6, 6.07) is 17.1. The Morgan fingerprint density at radius 1 is 1.05 bits per heavy atom. The number of aromatic nitrogens is 2. The Bertz CT molecular complexity index is 1590. The molecule has 0 saturated heterocycles. The average molecular weight is 559 g/mol. The van der Waals surface area contributed by atoms with Gasteiger partial charge in [-0.15, -0.1) is 0 Å². The summed E-state index contributed by atoms with van der Waals surface area (Å²) in [5, 5.41) is 3.61. The van der Waals surface area contributed by atoms with E-state index in [2.05, 4.69) is 47.9 Å². The van der Waals surface area contributed by atoms with E-state index in [1.807, 2.05) is 18.2 Å². The van der Waals surface area contributed by atoms with Gasteiger partial charge in [-0.05, 0) is 58.5 Å². The van der Waals surface area contributed by atoms with Crippen LogP contribution in [0, 0.1) is 17.7 Å². The molecule has 0 bridgehead atoms. The maximum Gasteiger partial charge on any atom is 0.404 e. The number of nitrogens with zero attached hydrogens (tertiary/aromatic N) is 2. The number of halogens is 2. The number of anilines is 2. The summed E-state index contributed by atoms with van der Waals surface area (Å²) in [7, 11) is 0. The zero-order chi connectivity index (χ0) is 28.7. The van der Waals surface area contributed by atoms with Crippen molar-refractivity contribution in [3.8, 4) is 17.6 Å². The van der Waals surface area contributed by atoms with Gasteiger partial charge >= 0.3 is 6.09 Å². The summed E-state index contributed by atoms with van der Waals surface area (Å²) in [5.74, 6) is 7.04.